The lowest BCUT2D eigenvalue weighted by molar-refractivity contribution is 0.0569. The zero-order valence-electron chi connectivity index (χ0n) is 21.3. The number of carbonyl (C=O) groups is 3. The van der Waals surface area contributed by atoms with Gasteiger partial charge in [-0.1, -0.05) is 12.1 Å². The molecular weight excluding hydrogens is 484 g/mol. The number of amides is 3. The van der Waals surface area contributed by atoms with Crippen LogP contribution in [0.4, 0.5) is 11.8 Å². The summed E-state index contributed by atoms with van der Waals surface area (Å²) in [5, 5.41) is 15.2. The molecule has 11 heteroatoms. The number of anilines is 2. The fourth-order valence-corrected chi connectivity index (χ4v) is 5.20. The van der Waals surface area contributed by atoms with Gasteiger partial charge < -0.3 is 20.1 Å². The predicted octanol–water partition coefficient (Wildman–Crippen LogP) is 2.41. The highest BCUT2D eigenvalue weighted by molar-refractivity contribution is 6.21. The number of imidazole rings is 1. The van der Waals surface area contributed by atoms with Gasteiger partial charge in [0, 0.05) is 32.9 Å². The van der Waals surface area contributed by atoms with Gasteiger partial charge in [0.15, 0.2) is 11.5 Å². The Morgan fingerprint density at radius 2 is 1.89 bits per heavy atom. The minimum Gasteiger partial charge on any atom is -0.371 e. The zero-order chi connectivity index (χ0) is 26.8. The molecule has 38 heavy (non-hydrogen) atoms. The monoisotopic (exact) mass is 512 g/mol. The SMILES string of the molecule is CCn1c(N2CCCC(N3C(=O)c4ccccc4C3=O)C2)nc(NC)c1C(=O)NCc1ncccc1C#N. The Kier molecular flexibility index (Phi) is 6.79. The maximum Gasteiger partial charge on any atom is 0.272 e. The van der Waals surface area contributed by atoms with Crippen molar-refractivity contribution in [3.05, 3.63) is 70.7 Å². The smallest absolute Gasteiger partial charge is 0.272 e. The molecule has 3 aromatic rings. The summed E-state index contributed by atoms with van der Waals surface area (Å²) in [6, 6.07) is 12.0. The minimum atomic E-state index is -0.349. The van der Waals surface area contributed by atoms with E-state index in [0.717, 1.165) is 6.42 Å². The maximum atomic E-state index is 13.3. The van der Waals surface area contributed by atoms with Crippen molar-refractivity contribution >= 4 is 29.5 Å². The molecule has 0 aliphatic carbocycles. The first-order valence-corrected chi connectivity index (χ1v) is 12.6. The summed E-state index contributed by atoms with van der Waals surface area (Å²) in [6.45, 7) is 3.61. The van der Waals surface area contributed by atoms with Gasteiger partial charge in [-0.3, -0.25) is 24.3 Å². The van der Waals surface area contributed by atoms with Crippen LogP contribution >= 0.6 is 0 Å². The molecule has 2 aliphatic rings. The van der Waals surface area contributed by atoms with Crippen LogP contribution in [0.3, 0.4) is 0 Å². The van der Waals surface area contributed by atoms with E-state index >= 15 is 0 Å². The Bertz CT molecular complexity index is 1420. The summed E-state index contributed by atoms with van der Waals surface area (Å²) in [7, 11) is 1.70. The molecule has 0 radical (unpaired) electrons. The first kappa shape index (κ1) is 25.0. The second-order valence-electron chi connectivity index (χ2n) is 9.16. The van der Waals surface area contributed by atoms with Crippen molar-refractivity contribution < 1.29 is 14.4 Å². The van der Waals surface area contributed by atoms with Crippen molar-refractivity contribution in [2.24, 2.45) is 0 Å². The fourth-order valence-electron chi connectivity index (χ4n) is 5.20. The molecule has 2 N–H and O–H groups in total. The highest BCUT2D eigenvalue weighted by atomic mass is 16.2. The molecule has 2 aliphatic heterocycles. The Morgan fingerprint density at radius 1 is 1.16 bits per heavy atom. The Hall–Kier alpha value is -4.72. The number of carbonyl (C=O) groups excluding carboxylic acids is 3. The Labute approximate surface area is 220 Å². The van der Waals surface area contributed by atoms with E-state index in [9.17, 15) is 19.6 Å². The Morgan fingerprint density at radius 3 is 2.55 bits per heavy atom. The standard InChI is InChI=1S/C27H28N8O3/c1-3-34-22(24(36)31-15-21-17(14-28)8-6-12-30-21)23(29-2)32-27(34)33-13-7-9-18(16-33)35-25(37)19-10-4-5-11-20(19)26(35)38/h4-6,8,10-12,18,29H,3,7,9,13,15-16H2,1-2H3,(H,31,36). The number of rotatable bonds is 7. The topological polar surface area (TPSA) is 136 Å². The van der Waals surface area contributed by atoms with E-state index in [-0.39, 0.29) is 30.3 Å². The number of piperidine rings is 1. The molecule has 0 bridgehead atoms. The van der Waals surface area contributed by atoms with Crippen molar-refractivity contribution in [3.8, 4) is 6.07 Å². The van der Waals surface area contributed by atoms with Gasteiger partial charge in [-0.25, -0.2) is 0 Å². The fraction of sp³-hybridized carbons (Fsp3) is 0.333. The quantitative estimate of drug-likeness (QED) is 0.461. The second kappa shape index (κ2) is 10.3. The molecule has 1 aromatic carbocycles. The van der Waals surface area contributed by atoms with Crippen LogP contribution in [0.1, 0.15) is 62.2 Å². The van der Waals surface area contributed by atoms with Crippen molar-refractivity contribution in [1.29, 1.82) is 5.26 Å². The lowest BCUT2D eigenvalue weighted by atomic mass is 10.0. The summed E-state index contributed by atoms with van der Waals surface area (Å²) >= 11 is 0. The van der Waals surface area contributed by atoms with Gasteiger partial charge in [0.2, 0.25) is 5.95 Å². The number of benzene rings is 1. The van der Waals surface area contributed by atoms with Gasteiger partial charge in [-0.2, -0.15) is 10.2 Å². The molecule has 194 valence electrons. The van der Waals surface area contributed by atoms with Crippen LogP contribution < -0.4 is 15.5 Å². The zero-order valence-corrected chi connectivity index (χ0v) is 21.3. The normalized spacial score (nSPS) is 16.8. The van der Waals surface area contributed by atoms with Crippen LogP contribution in [-0.2, 0) is 13.1 Å². The maximum absolute atomic E-state index is 13.3. The van der Waals surface area contributed by atoms with Crippen LogP contribution in [0.25, 0.3) is 0 Å². The molecule has 1 saturated heterocycles. The average Bonchev–Trinajstić information content (AvgIpc) is 3.46. The molecular formula is C27H28N8O3. The molecule has 1 atom stereocenters. The van der Waals surface area contributed by atoms with Gasteiger partial charge in [0.25, 0.3) is 17.7 Å². The lowest BCUT2D eigenvalue weighted by Crippen LogP contribution is -2.50. The van der Waals surface area contributed by atoms with Crippen molar-refractivity contribution in [1.82, 2.24) is 24.8 Å². The predicted molar refractivity (Wildman–Crippen MR) is 140 cm³/mol. The van der Waals surface area contributed by atoms with Crippen LogP contribution in [0.2, 0.25) is 0 Å². The third kappa shape index (κ3) is 4.24. The number of nitriles is 1. The molecule has 0 saturated carbocycles. The summed E-state index contributed by atoms with van der Waals surface area (Å²) in [4.78, 5) is 51.8. The van der Waals surface area contributed by atoms with Crippen molar-refractivity contribution in [2.75, 3.05) is 30.4 Å². The van der Waals surface area contributed by atoms with Crippen LogP contribution in [0, 0.1) is 11.3 Å². The number of aromatic nitrogens is 3. The first-order valence-electron chi connectivity index (χ1n) is 12.6. The van der Waals surface area contributed by atoms with E-state index in [1.165, 1.54) is 4.90 Å². The number of hydrogen-bond acceptors (Lipinski definition) is 8. The summed E-state index contributed by atoms with van der Waals surface area (Å²) in [6.07, 6.45) is 3.05. The number of fused-ring (bicyclic) bond motifs is 1. The molecule has 11 nitrogen and oxygen atoms in total. The molecule has 2 aromatic heterocycles. The van der Waals surface area contributed by atoms with Crippen LogP contribution in [0.15, 0.2) is 42.6 Å². The van der Waals surface area contributed by atoms with E-state index in [1.54, 1.807) is 49.6 Å². The third-order valence-electron chi connectivity index (χ3n) is 7.01. The van der Waals surface area contributed by atoms with Crippen molar-refractivity contribution in [2.45, 2.75) is 38.9 Å². The molecule has 1 unspecified atom stereocenters. The summed E-state index contributed by atoms with van der Waals surface area (Å²) in [5.41, 5.74) is 2.13. The molecule has 4 heterocycles. The lowest BCUT2D eigenvalue weighted by Gasteiger charge is -2.37. The molecule has 0 spiro atoms. The number of pyridine rings is 1. The van der Waals surface area contributed by atoms with E-state index in [1.807, 2.05) is 16.4 Å². The van der Waals surface area contributed by atoms with Crippen molar-refractivity contribution in [3.63, 3.8) is 0 Å². The molecule has 1 fully saturated rings. The third-order valence-corrected chi connectivity index (χ3v) is 7.01. The summed E-state index contributed by atoms with van der Waals surface area (Å²) in [5.74, 6) is 0.137. The number of hydrogen-bond donors (Lipinski definition) is 2. The Balaban J connectivity index is 1.39. The van der Waals surface area contributed by atoms with Crippen LogP contribution in [0.5, 0.6) is 0 Å². The van der Waals surface area contributed by atoms with Gasteiger partial charge in [-0.15, -0.1) is 0 Å². The second-order valence-corrected chi connectivity index (χ2v) is 9.16. The number of nitrogens with zero attached hydrogens (tertiary/aromatic N) is 6. The van der Waals surface area contributed by atoms with Crippen LogP contribution in [-0.4, -0.2) is 63.3 Å². The van der Waals surface area contributed by atoms with Gasteiger partial charge in [0.05, 0.1) is 35.0 Å². The van der Waals surface area contributed by atoms with E-state index in [2.05, 4.69) is 21.7 Å². The van der Waals surface area contributed by atoms with E-state index in [4.69, 9.17) is 4.98 Å². The molecule has 5 rings (SSSR count). The average molecular weight is 513 g/mol. The first-order chi connectivity index (χ1) is 18.5. The van der Waals surface area contributed by atoms with E-state index < -0.39 is 0 Å². The van der Waals surface area contributed by atoms with E-state index in [0.29, 0.717) is 65.9 Å². The van der Waals surface area contributed by atoms with Gasteiger partial charge >= 0.3 is 0 Å². The minimum absolute atomic E-state index is 0.0987. The largest absolute Gasteiger partial charge is 0.371 e. The number of nitrogens with one attached hydrogen (secondary N) is 2. The molecule has 3 amide bonds. The number of imide groups is 1. The summed E-state index contributed by atoms with van der Waals surface area (Å²) < 4.78 is 1.83. The van der Waals surface area contributed by atoms with Gasteiger partial charge in [-0.05, 0) is 44.0 Å². The highest BCUT2D eigenvalue weighted by Gasteiger charge is 2.41. The van der Waals surface area contributed by atoms with Gasteiger partial charge in [0.1, 0.15) is 6.07 Å². The highest BCUT2D eigenvalue weighted by Crippen LogP contribution is 2.31.